The van der Waals surface area contributed by atoms with Crippen LogP contribution in [0.15, 0.2) is 18.3 Å². The van der Waals surface area contributed by atoms with Crippen molar-refractivity contribution in [1.82, 2.24) is 14.6 Å². The molecule has 0 aliphatic heterocycles. The number of rotatable bonds is 5. The highest BCUT2D eigenvalue weighted by atomic mass is 19.1. The number of anilines is 1. The lowest BCUT2D eigenvalue weighted by Crippen LogP contribution is -2.19. The SMILES string of the molecule is CCC(C)CC(C)Nc1nc2ccc(F)cn2n1. The smallest absolute Gasteiger partial charge is 0.243 e. The summed E-state index contributed by atoms with van der Waals surface area (Å²) in [6, 6.07) is 3.31. The molecule has 2 aromatic heterocycles. The molecule has 0 amide bonds. The lowest BCUT2D eigenvalue weighted by atomic mass is 10.0. The average molecular weight is 250 g/mol. The van der Waals surface area contributed by atoms with Crippen LogP contribution in [0.5, 0.6) is 0 Å². The molecule has 0 fully saturated rings. The monoisotopic (exact) mass is 250 g/mol. The molecule has 98 valence electrons. The Hall–Kier alpha value is -1.65. The molecule has 0 aliphatic rings. The van der Waals surface area contributed by atoms with Gasteiger partial charge in [-0.1, -0.05) is 20.3 Å². The van der Waals surface area contributed by atoms with E-state index in [9.17, 15) is 4.39 Å². The van der Waals surface area contributed by atoms with Crippen molar-refractivity contribution in [3.63, 3.8) is 0 Å². The van der Waals surface area contributed by atoms with Crippen LogP contribution >= 0.6 is 0 Å². The maximum Gasteiger partial charge on any atom is 0.243 e. The Balaban J connectivity index is 2.07. The zero-order chi connectivity index (χ0) is 13.1. The van der Waals surface area contributed by atoms with Gasteiger partial charge in [-0.15, -0.1) is 5.10 Å². The molecular weight excluding hydrogens is 231 g/mol. The molecule has 2 unspecified atom stereocenters. The van der Waals surface area contributed by atoms with Crippen molar-refractivity contribution in [2.24, 2.45) is 5.92 Å². The van der Waals surface area contributed by atoms with Gasteiger partial charge in [-0.25, -0.2) is 8.91 Å². The van der Waals surface area contributed by atoms with E-state index < -0.39 is 0 Å². The molecule has 0 bridgehead atoms. The van der Waals surface area contributed by atoms with Gasteiger partial charge in [0.2, 0.25) is 5.95 Å². The maximum absolute atomic E-state index is 13.0. The lowest BCUT2D eigenvalue weighted by Gasteiger charge is -2.16. The van der Waals surface area contributed by atoms with Crippen molar-refractivity contribution in [2.75, 3.05) is 5.32 Å². The highest BCUT2D eigenvalue weighted by molar-refractivity contribution is 5.43. The van der Waals surface area contributed by atoms with Crippen LogP contribution < -0.4 is 5.32 Å². The second-order valence-electron chi connectivity index (χ2n) is 4.88. The molecule has 5 heteroatoms. The molecule has 2 rings (SSSR count). The van der Waals surface area contributed by atoms with Gasteiger partial charge >= 0.3 is 0 Å². The zero-order valence-electron chi connectivity index (χ0n) is 11.0. The number of hydrogen-bond donors (Lipinski definition) is 1. The summed E-state index contributed by atoms with van der Waals surface area (Å²) in [4.78, 5) is 4.30. The minimum atomic E-state index is -0.313. The van der Waals surface area contributed by atoms with E-state index >= 15 is 0 Å². The van der Waals surface area contributed by atoms with Crippen LogP contribution in [-0.4, -0.2) is 20.6 Å². The fourth-order valence-electron chi connectivity index (χ4n) is 1.97. The van der Waals surface area contributed by atoms with E-state index in [1.807, 2.05) is 0 Å². The van der Waals surface area contributed by atoms with E-state index in [0.717, 1.165) is 12.8 Å². The van der Waals surface area contributed by atoms with Crippen LogP contribution in [0.4, 0.5) is 10.3 Å². The Morgan fingerprint density at radius 2 is 2.17 bits per heavy atom. The van der Waals surface area contributed by atoms with Crippen LogP contribution in [0.1, 0.15) is 33.6 Å². The van der Waals surface area contributed by atoms with Gasteiger partial charge in [0.05, 0.1) is 6.20 Å². The highest BCUT2D eigenvalue weighted by Crippen LogP contribution is 2.13. The molecule has 2 aromatic rings. The second-order valence-corrected chi connectivity index (χ2v) is 4.88. The largest absolute Gasteiger partial charge is 0.350 e. The predicted octanol–water partition coefficient (Wildman–Crippen LogP) is 3.11. The van der Waals surface area contributed by atoms with Crippen molar-refractivity contribution in [1.29, 1.82) is 0 Å². The van der Waals surface area contributed by atoms with Crippen LogP contribution in [-0.2, 0) is 0 Å². The first-order chi connectivity index (χ1) is 8.58. The third kappa shape index (κ3) is 2.97. The van der Waals surface area contributed by atoms with Gasteiger partial charge in [-0.3, -0.25) is 0 Å². The zero-order valence-corrected chi connectivity index (χ0v) is 11.0. The fraction of sp³-hybridized carbons (Fsp3) is 0.538. The van der Waals surface area contributed by atoms with E-state index in [-0.39, 0.29) is 5.82 Å². The number of nitrogens with zero attached hydrogens (tertiary/aromatic N) is 3. The van der Waals surface area contributed by atoms with E-state index in [1.165, 1.54) is 16.8 Å². The molecule has 0 saturated heterocycles. The van der Waals surface area contributed by atoms with Gasteiger partial charge in [0.1, 0.15) is 5.82 Å². The topological polar surface area (TPSA) is 42.2 Å². The number of aromatic nitrogens is 3. The van der Waals surface area contributed by atoms with Gasteiger partial charge in [-0.2, -0.15) is 4.98 Å². The number of fused-ring (bicyclic) bond motifs is 1. The van der Waals surface area contributed by atoms with Gasteiger partial charge in [0.15, 0.2) is 5.65 Å². The van der Waals surface area contributed by atoms with Crippen LogP contribution in [0.3, 0.4) is 0 Å². The van der Waals surface area contributed by atoms with Crippen LogP contribution in [0, 0.1) is 11.7 Å². The summed E-state index contributed by atoms with van der Waals surface area (Å²) in [5.74, 6) is 0.907. The van der Waals surface area contributed by atoms with Crippen molar-refractivity contribution in [3.8, 4) is 0 Å². The average Bonchev–Trinajstić information content (AvgIpc) is 2.69. The van der Waals surface area contributed by atoms with Gasteiger partial charge in [0, 0.05) is 6.04 Å². The third-order valence-corrected chi connectivity index (χ3v) is 3.12. The number of nitrogens with one attached hydrogen (secondary N) is 1. The summed E-state index contributed by atoms with van der Waals surface area (Å²) in [7, 11) is 0. The lowest BCUT2D eigenvalue weighted by molar-refractivity contribution is 0.482. The summed E-state index contributed by atoms with van der Waals surface area (Å²) in [5.41, 5.74) is 0.648. The van der Waals surface area contributed by atoms with Gasteiger partial charge in [0.25, 0.3) is 0 Å². The molecule has 0 aliphatic carbocycles. The molecular formula is C13H19FN4. The van der Waals surface area contributed by atoms with Crippen molar-refractivity contribution in [2.45, 2.75) is 39.7 Å². The second kappa shape index (κ2) is 5.33. The number of hydrogen-bond acceptors (Lipinski definition) is 3. The summed E-state index contributed by atoms with van der Waals surface area (Å²) in [5, 5.41) is 7.45. The molecule has 0 radical (unpaired) electrons. The molecule has 2 heterocycles. The van der Waals surface area contributed by atoms with Crippen LogP contribution in [0.25, 0.3) is 5.65 Å². The number of pyridine rings is 1. The molecule has 0 saturated carbocycles. The van der Waals surface area contributed by atoms with Gasteiger partial charge in [-0.05, 0) is 31.4 Å². The first-order valence-electron chi connectivity index (χ1n) is 6.37. The Morgan fingerprint density at radius 1 is 1.39 bits per heavy atom. The van der Waals surface area contributed by atoms with Crippen molar-refractivity contribution in [3.05, 3.63) is 24.1 Å². The maximum atomic E-state index is 13.0. The summed E-state index contributed by atoms with van der Waals surface area (Å²) < 4.78 is 14.5. The standard InChI is InChI=1S/C13H19FN4/c1-4-9(2)7-10(3)15-13-16-12-6-5-11(14)8-18(12)17-13/h5-6,8-10H,4,7H2,1-3H3,(H,15,17). The summed E-state index contributed by atoms with van der Waals surface area (Å²) >= 11 is 0. The van der Waals surface area contributed by atoms with E-state index in [1.54, 1.807) is 6.07 Å². The molecule has 2 atom stereocenters. The van der Waals surface area contributed by atoms with Gasteiger partial charge < -0.3 is 5.32 Å². The highest BCUT2D eigenvalue weighted by Gasteiger charge is 2.10. The van der Waals surface area contributed by atoms with E-state index in [4.69, 9.17) is 0 Å². The Kier molecular flexibility index (Phi) is 3.79. The first kappa shape index (κ1) is 12.8. The van der Waals surface area contributed by atoms with Crippen molar-refractivity contribution >= 4 is 11.6 Å². The Labute approximate surface area is 106 Å². The Bertz CT molecular complexity index is 523. The molecule has 4 nitrogen and oxygen atoms in total. The minimum Gasteiger partial charge on any atom is -0.350 e. The molecule has 0 spiro atoms. The minimum absolute atomic E-state index is 0.308. The Morgan fingerprint density at radius 3 is 2.89 bits per heavy atom. The predicted molar refractivity (Wildman–Crippen MR) is 70.1 cm³/mol. The third-order valence-electron chi connectivity index (χ3n) is 3.12. The first-order valence-corrected chi connectivity index (χ1v) is 6.37. The quantitative estimate of drug-likeness (QED) is 0.886. The van der Waals surface area contributed by atoms with E-state index in [2.05, 4.69) is 36.2 Å². The van der Waals surface area contributed by atoms with Crippen LogP contribution in [0.2, 0.25) is 0 Å². The fourth-order valence-corrected chi connectivity index (χ4v) is 1.97. The summed E-state index contributed by atoms with van der Waals surface area (Å²) in [6.07, 6.45) is 3.56. The summed E-state index contributed by atoms with van der Waals surface area (Å²) in [6.45, 7) is 6.52. The molecule has 1 N–H and O–H groups in total. The normalized spacial score (nSPS) is 14.7. The number of halogens is 1. The molecule has 18 heavy (non-hydrogen) atoms. The molecule has 0 aromatic carbocycles. The van der Waals surface area contributed by atoms with E-state index in [0.29, 0.717) is 23.6 Å². The van der Waals surface area contributed by atoms with Crippen molar-refractivity contribution < 1.29 is 4.39 Å².